The van der Waals surface area contributed by atoms with Gasteiger partial charge in [-0.05, 0) is 64.2 Å². The third-order valence-electron chi connectivity index (χ3n) is 6.70. The molecule has 11 heteroatoms. The first kappa shape index (κ1) is 28.7. The number of carbonyl (C=O) groups is 2. The summed E-state index contributed by atoms with van der Waals surface area (Å²) in [7, 11) is 0. The largest absolute Gasteiger partial charge is 0.444 e. The summed E-state index contributed by atoms with van der Waals surface area (Å²) in [5.41, 5.74) is 0.204. The van der Waals surface area contributed by atoms with Crippen LogP contribution in [0.2, 0.25) is 0 Å². The Bertz CT molecular complexity index is 1370. The lowest BCUT2D eigenvalue weighted by Gasteiger charge is -2.38. The Morgan fingerprint density at radius 2 is 1.87 bits per heavy atom. The van der Waals surface area contributed by atoms with Crippen molar-refractivity contribution in [2.24, 2.45) is 0 Å². The van der Waals surface area contributed by atoms with E-state index in [1.165, 1.54) is 34.4 Å². The fourth-order valence-corrected chi connectivity index (χ4v) is 5.58. The zero-order valence-corrected chi connectivity index (χ0v) is 23.4. The quantitative estimate of drug-likeness (QED) is 0.398. The standard InChI is InChI=1S/C28H35FN4O5S/c1-27(2,3)38-26(36)30-13-5-4-6-22(34)32-14-11-28(37,12-15-32)17-33-18-31-23-21(16-39-24(23)25(33)35)19-7-9-20(29)10-8-19/h7-10,16,18,37H,4-6,11-15,17H2,1-3H3,(H,30,36). The Morgan fingerprint density at radius 1 is 1.18 bits per heavy atom. The Morgan fingerprint density at radius 3 is 2.54 bits per heavy atom. The van der Waals surface area contributed by atoms with Gasteiger partial charge >= 0.3 is 6.09 Å². The number of nitrogens with zero attached hydrogens (tertiary/aromatic N) is 3. The van der Waals surface area contributed by atoms with Gasteiger partial charge in [0.1, 0.15) is 16.1 Å². The number of piperidine rings is 1. The van der Waals surface area contributed by atoms with Gasteiger partial charge in [-0.25, -0.2) is 14.2 Å². The number of hydrogen-bond donors (Lipinski definition) is 2. The van der Waals surface area contributed by atoms with Gasteiger partial charge in [-0.2, -0.15) is 0 Å². The minimum Gasteiger partial charge on any atom is -0.444 e. The molecule has 39 heavy (non-hydrogen) atoms. The van der Waals surface area contributed by atoms with Crippen molar-refractivity contribution in [2.45, 2.75) is 70.6 Å². The van der Waals surface area contributed by atoms with E-state index in [1.54, 1.807) is 37.8 Å². The zero-order chi connectivity index (χ0) is 28.2. The maximum Gasteiger partial charge on any atom is 0.407 e. The number of rotatable bonds is 8. The van der Waals surface area contributed by atoms with Crippen LogP contribution in [0, 0.1) is 5.82 Å². The van der Waals surface area contributed by atoms with E-state index in [0.717, 1.165) is 11.1 Å². The molecular weight excluding hydrogens is 523 g/mol. The van der Waals surface area contributed by atoms with Crippen molar-refractivity contribution < 1.29 is 23.8 Å². The summed E-state index contributed by atoms with van der Waals surface area (Å²) in [5.74, 6) is -0.316. The minimum absolute atomic E-state index is 0.0153. The molecule has 9 nitrogen and oxygen atoms in total. The number of hydrogen-bond acceptors (Lipinski definition) is 7. The van der Waals surface area contributed by atoms with Gasteiger partial charge in [0, 0.05) is 37.0 Å². The Hall–Kier alpha value is -3.31. The van der Waals surface area contributed by atoms with Gasteiger partial charge in [-0.1, -0.05) is 12.1 Å². The van der Waals surface area contributed by atoms with Crippen molar-refractivity contribution in [3.05, 3.63) is 52.1 Å². The summed E-state index contributed by atoms with van der Waals surface area (Å²) >= 11 is 1.28. The molecular formula is C28H35FN4O5S. The summed E-state index contributed by atoms with van der Waals surface area (Å²) in [6.07, 6.45) is 3.35. The Kier molecular flexibility index (Phi) is 8.70. The van der Waals surface area contributed by atoms with Crippen LogP contribution in [0.4, 0.5) is 9.18 Å². The monoisotopic (exact) mass is 558 g/mol. The van der Waals surface area contributed by atoms with Gasteiger partial charge in [-0.15, -0.1) is 11.3 Å². The zero-order valence-electron chi connectivity index (χ0n) is 22.5. The number of amides is 2. The number of fused-ring (bicyclic) bond motifs is 1. The molecule has 1 aromatic carbocycles. The third-order valence-corrected chi connectivity index (χ3v) is 7.66. The van der Waals surface area contributed by atoms with Gasteiger partial charge in [0.15, 0.2) is 0 Å². The van der Waals surface area contributed by atoms with E-state index >= 15 is 0 Å². The molecule has 2 N–H and O–H groups in total. The third kappa shape index (κ3) is 7.42. The lowest BCUT2D eigenvalue weighted by atomic mass is 9.91. The van der Waals surface area contributed by atoms with Crippen LogP contribution in [0.3, 0.4) is 0 Å². The molecule has 210 valence electrons. The van der Waals surface area contributed by atoms with Crippen molar-refractivity contribution in [1.82, 2.24) is 19.8 Å². The van der Waals surface area contributed by atoms with Crippen LogP contribution in [-0.4, -0.2) is 62.4 Å². The topological polar surface area (TPSA) is 114 Å². The van der Waals surface area contributed by atoms with Gasteiger partial charge in [-0.3, -0.25) is 14.2 Å². The predicted octanol–water partition coefficient (Wildman–Crippen LogP) is 4.31. The average Bonchev–Trinajstić information content (AvgIpc) is 3.30. The molecule has 3 heterocycles. The molecule has 0 unspecified atom stereocenters. The molecule has 0 aliphatic carbocycles. The maximum atomic E-state index is 13.3. The molecule has 0 atom stereocenters. The highest BCUT2D eigenvalue weighted by molar-refractivity contribution is 7.17. The normalized spacial score (nSPS) is 15.4. The molecule has 2 aromatic heterocycles. The molecule has 1 aliphatic rings. The number of nitrogens with one attached hydrogen (secondary N) is 1. The smallest absolute Gasteiger partial charge is 0.407 e. The van der Waals surface area contributed by atoms with Gasteiger partial charge < -0.3 is 20.1 Å². The van der Waals surface area contributed by atoms with Gasteiger partial charge in [0.2, 0.25) is 5.91 Å². The predicted molar refractivity (Wildman–Crippen MR) is 148 cm³/mol. The molecule has 0 saturated carbocycles. The van der Waals surface area contributed by atoms with Crippen molar-refractivity contribution in [1.29, 1.82) is 0 Å². The van der Waals surface area contributed by atoms with E-state index in [1.807, 2.05) is 5.38 Å². The first-order chi connectivity index (χ1) is 18.4. The average molecular weight is 559 g/mol. The highest BCUT2D eigenvalue weighted by Crippen LogP contribution is 2.31. The molecule has 0 spiro atoms. The van der Waals surface area contributed by atoms with Gasteiger partial charge in [0.05, 0.1) is 24.0 Å². The fraction of sp³-hybridized carbons (Fsp3) is 0.500. The molecule has 3 aromatic rings. The number of benzene rings is 1. The summed E-state index contributed by atoms with van der Waals surface area (Å²) < 4.78 is 20.4. The number of likely N-dealkylation sites (tertiary alicyclic amines) is 1. The summed E-state index contributed by atoms with van der Waals surface area (Å²) in [6.45, 7) is 6.74. The number of carbonyl (C=O) groups excluding carboxylic acids is 2. The SMILES string of the molecule is CC(C)(C)OC(=O)NCCCCC(=O)N1CCC(O)(Cn2cnc3c(-c4ccc(F)cc4)csc3c2=O)CC1. The van der Waals surface area contributed by atoms with Crippen molar-refractivity contribution >= 4 is 33.6 Å². The van der Waals surface area contributed by atoms with Crippen LogP contribution >= 0.6 is 11.3 Å². The first-order valence-electron chi connectivity index (χ1n) is 13.1. The molecule has 4 rings (SSSR count). The molecule has 1 aliphatic heterocycles. The first-order valence-corrected chi connectivity index (χ1v) is 14.0. The number of aliphatic hydroxyl groups is 1. The molecule has 0 bridgehead atoms. The number of halogens is 1. The molecule has 1 fully saturated rings. The van der Waals surface area contributed by atoms with Crippen molar-refractivity contribution in [2.75, 3.05) is 19.6 Å². The van der Waals surface area contributed by atoms with Crippen LogP contribution in [0.5, 0.6) is 0 Å². The van der Waals surface area contributed by atoms with Crippen molar-refractivity contribution in [3.8, 4) is 11.1 Å². The number of aromatic nitrogens is 2. The second-order valence-electron chi connectivity index (χ2n) is 11.0. The minimum atomic E-state index is -1.12. The van der Waals surface area contributed by atoms with Gasteiger partial charge in [0.25, 0.3) is 5.56 Å². The summed E-state index contributed by atoms with van der Waals surface area (Å²) in [4.78, 5) is 43.7. The van der Waals surface area contributed by atoms with E-state index in [9.17, 15) is 23.9 Å². The summed E-state index contributed by atoms with van der Waals surface area (Å²) in [5, 5.41) is 15.7. The second-order valence-corrected chi connectivity index (χ2v) is 11.9. The molecule has 0 radical (unpaired) electrons. The van der Waals surface area contributed by atoms with Crippen LogP contribution in [-0.2, 0) is 16.1 Å². The van der Waals surface area contributed by atoms with E-state index in [0.29, 0.717) is 62.0 Å². The van der Waals surface area contributed by atoms with Crippen LogP contribution in [0.25, 0.3) is 21.3 Å². The van der Waals surface area contributed by atoms with E-state index < -0.39 is 17.3 Å². The number of unbranched alkanes of at least 4 members (excludes halogenated alkanes) is 1. The number of alkyl carbamates (subject to hydrolysis) is 1. The van der Waals surface area contributed by atoms with E-state index in [4.69, 9.17) is 4.74 Å². The highest BCUT2D eigenvalue weighted by Gasteiger charge is 2.34. The lowest BCUT2D eigenvalue weighted by molar-refractivity contribution is -0.136. The van der Waals surface area contributed by atoms with Crippen molar-refractivity contribution in [3.63, 3.8) is 0 Å². The Labute approximate surface area is 230 Å². The van der Waals surface area contributed by atoms with E-state index in [2.05, 4.69) is 10.3 Å². The lowest BCUT2D eigenvalue weighted by Crippen LogP contribution is -2.49. The number of ether oxygens (including phenoxy) is 1. The highest BCUT2D eigenvalue weighted by atomic mass is 32.1. The molecule has 2 amide bonds. The second kappa shape index (κ2) is 11.8. The molecule has 1 saturated heterocycles. The maximum absolute atomic E-state index is 13.3. The van der Waals surface area contributed by atoms with Crippen LogP contribution in [0.15, 0.2) is 40.8 Å². The van der Waals surface area contributed by atoms with Crippen LogP contribution in [0.1, 0.15) is 52.9 Å². The number of thiophene rings is 1. The van der Waals surface area contributed by atoms with Crippen LogP contribution < -0.4 is 10.9 Å². The fourth-order valence-electron chi connectivity index (χ4n) is 4.60. The Balaban J connectivity index is 1.27. The summed E-state index contributed by atoms with van der Waals surface area (Å²) in [6, 6.07) is 6.05. The van der Waals surface area contributed by atoms with E-state index in [-0.39, 0.29) is 23.8 Å².